The summed E-state index contributed by atoms with van der Waals surface area (Å²) in [6, 6.07) is 0. The number of unbranched alkanes of at least 4 members (excludes halogenated alkanes) is 24. The van der Waals surface area contributed by atoms with Crippen LogP contribution in [0, 0.1) is 0 Å². The van der Waals surface area contributed by atoms with Crippen molar-refractivity contribution >= 4 is 17.9 Å². The van der Waals surface area contributed by atoms with Crippen LogP contribution in [0.4, 0.5) is 0 Å². The zero-order valence-electron chi connectivity index (χ0n) is 43.2. The lowest BCUT2D eigenvalue weighted by molar-refractivity contribution is -0.167. The number of allylic oxidation sites excluding steroid dienone is 14. The first-order valence-electron chi connectivity index (χ1n) is 27.6. The topological polar surface area (TPSA) is 78.9 Å². The van der Waals surface area contributed by atoms with Crippen molar-refractivity contribution in [2.75, 3.05) is 13.2 Å². The number of esters is 3. The SMILES string of the molecule is CC/C=C\C/C=C\C/C=C\C/C=C\C/C=C\C/C=C\CCCCCCCCC(=O)OCC(COC(=O)CCCCCCCC)OC(=O)CCCCCCCCC/C=C\CCCCCCCC. The summed E-state index contributed by atoms with van der Waals surface area (Å²) in [6.07, 6.45) is 70.2. The van der Waals surface area contributed by atoms with E-state index in [-0.39, 0.29) is 31.1 Å². The molecular formula is C60H102O6. The highest BCUT2D eigenvalue weighted by molar-refractivity contribution is 5.71. The van der Waals surface area contributed by atoms with Gasteiger partial charge in [-0.1, -0.05) is 228 Å². The van der Waals surface area contributed by atoms with Crippen LogP contribution in [0.2, 0.25) is 0 Å². The number of carbonyl (C=O) groups is 3. The summed E-state index contributed by atoms with van der Waals surface area (Å²) in [6.45, 7) is 6.45. The average Bonchev–Trinajstić information content (AvgIpc) is 3.31. The van der Waals surface area contributed by atoms with Crippen molar-refractivity contribution in [3.05, 3.63) is 85.1 Å². The second kappa shape index (κ2) is 54.2. The highest BCUT2D eigenvalue weighted by Gasteiger charge is 2.19. The molecule has 0 amide bonds. The third-order valence-corrected chi connectivity index (χ3v) is 11.6. The smallest absolute Gasteiger partial charge is 0.306 e. The van der Waals surface area contributed by atoms with E-state index < -0.39 is 6.10 Å². The largest absolute Gasteiger partial charge is 0.462 e. The van der Waals surface area contributed by atoms with E-state index in [4.69, 9.17) is 14.2 Å². The molecule has 0 aromatic heterocycles. The minimum Gasteiger partial charge on any atom is -0.462 e. The number of hydrogen-bond acceptors (Lipinski definition) is 6. The predicted molar refractivity (Wildman–Crippen MR) is 284 cm³/mol. The molecule has 6 nitrogen and oxygen atoms in total. The van der Waals surface area contributed by atoms with Crippen LogP contribution in [-0.4, -0.2) is 37.2 Å². The van der Waals surface area contributed by atoms with Crippen molar-refractivity contribution in [1.29, 1.82) is 0 Å². The zero-order valence-corrected chi connectivity index (χ0v) is 43.2. The quantitative estimate of drug-likeness (QED) is 0.0262. The first-order chi connectivity index (χ1) is 32.5. The Bertz CT molecular complexity index is 1290. The molecule has 0 aromatic carbocycles. The predicted octanol–water partition coefficient (Wildman–Crippen LogP) is 18.4. The van der Waals surface area contributed by atoms with Gasteiger partial charge in [-0.3, -0.25) is 14.4 Å². The van der Waals surface area contributed by atoms with E-state index >= 15 is 0 Å². The van der Waals surface area contributed by atoms with Gasteiger partial charge in [0.05, 0.1) is 0 Å². The van der Waals surface area contributed by atoms with Crippen molar-refractivity contribution in [3.63, 3.8) is 0 Å². The Kier molecular flexibility index (Phi) is 51.4. The normalized spacial score (nSPS) is 12.7. The standard InChI is InChI=1S/C60H102O6/c1-4-7-10-13-16-18-20-22-24-26-27-28-29-30-31-32-33-35-36-38-40-42-44-47-50-53-59(62)65-56-57(55-64-58(61)52-49-46-15-12-9-6-3)66-60(63)54-51-48-45-43-41-39-37-34-25-23-21-19-17-14-11-8-5-2/h7,10,16,18,22-25,27-28,30-31,33,35,57H,4-6,8-9,11-15,17,19-21,26,29,32,34,36-56H2,1-3H3/b10-7-,18-16-,24-22-,25-23-,28-27-,31-30-,35-33-. The third kappa shape index (κ3) is 51.6. The molecule has 0 saturated carbocycles. The minimum absolute atomic E-state index is 0.0828. The average molecular weight is 919 g/mol. The van der Waals surface area contributed by atoms with Crippen molar-refractivity contribution in [2.45, 2.75) is 264 Å². The Morgan fingerprint density at radius 3 is 0.939 bits per heavy atom. The first-order valence-corrected chi connectivity index (χ1v) is 27.6. The third-order valence-electron chi connectivity index (χ3n) is 11.6. The molecule has 378 valence electrons. The molecule has 0 bridgehead atoms. The number of ether oxygens (including phenoxy) is 3. The van der Waals surface area contributed by atoms with Gasteiger partial charge >= 0.3 is 17.9 Å². The zero-order chi connectivity index (χ0) is 47.9. The molecule has 1 unspecified atom stereocenters. The second-order valence-corrected chi connectivity index (χ2v) is 18.1. The van der Waals surface area contributed by atoms with E-state index in [2.05, 4.69) is 106 Å². The van der Waals surface area contributed by atoms with Gasteiger partial charge in [-0.15, -0.1) is 0 Å². The van der Waals surface area contributed by atoms with Gasteiger partial charge in [-0.25, -0.2) is 0 Å². The summed E-state index contributed by atoms with van der Waals surface area (Å²) in [7, 11) is 0. The number of carbonyl (C=O) groups excluding carboxylic acids is 3. The summed E-state index contributed by atoms with van der Waals surface area (Å²) in [5, 5.41) is 0. The molecule has 6 heteroatoms. The van der Waals surface area contributed by atoms with Gasteiger partial charge in [0.15, 0.2) is 6.10 Å². The van der Waals surface area contributed by atoms with E-state index in [1.807, 2.05) is 0 Å². The van der Waals surface area contributed by atoms with Gasteiger partial charge in [0.1, 0.15) is 13.2 Å². The van der Waals surface area contributed by atoms with Crippen LogP contribution in [0.3, 0.4) is 0 Å². The van der Waals surface area contributed by atoms with E-state index in [9.17, 15) is 14.4 Å². The monoisotopic (exact) mass is 919 g/mol. The number of rotatable bonds is 49. The highest BCUT2D eigenvalue weighted by Crippen LogP contribution is 2.14. The minimum atomic E-state index is -0.782. The molecule has 0 heterocycles. The van der Waals surface area contributed by atoms with Gasteiger partial charge in [-0.05, 0) is 96.3 Å². The molecule has 0 radical (unpaired) electrons. The van der Waals surface area contributed by atoms with Crippen LogP contribution in [0.25, 0.3) is 0 Å². The fraction of sp³-hybridized carbons (Fsp3) is 0.717. The lowest BCUT2D eigenvalue weighted by Gasteiger charge is -2.18. The lowest BCUT2D eigenvalue weighted by atomic mass is 10.1. The summed E-state index contributed by atoms with van der Waals surface area (Å²) in [5.41, 5.74) is 0. The van der Waals surface area contributed by atoms with Crippen LogP contribution in [0.1, 0.15) is 258 Å². The Labute approximate surface area is 407 Å². The van der Waals surface area contributed by atoms with E-state index in [1.54, 1.807) is 0 Å². The van der Waals surface area contributed by atoms with Crippen LogP contribution < -0.4 is 0 Å². The van der Waals surface area contributed by atoms with Gasteiger partial charge in [-0.2, -0.15) is 0 Å². The maximum atomic E-state index is 12.8. The Hall–Kier alpha value is -3.41. The van der Waals surface area contributed by atoms with Crippen molar-refractivity contribution < 1.29 is 28.6 Å². The second-order valence-electron chi connectivity index (χ2n) is 18.1. The van der Waals surface area contributed by atoms with Gasteiger partial charge in [0.25, 0.3) is 0 Å². The molecule has 0 aliphatic rings. The molecular weight excluding hydrogens is 817 g/mol. The maximum absolute atomic E-state index is 12.8. The summed E-state index contributed by atoms with van der Waals surface area (Å²) < 4.78 is 16.7. The summed E-state index contributed by atoms with van der Waals surface area (Å²) in [5.74, 6) is -0.910. The van der Waals surface area contributed by atoms with Crippen LogP contribution >= 0.6 is 0 Å². The molecule has 66 heavy (non-hydrogen) atoms. The maximum Gasteiger partial charge on any atom is 0.306 e. The molecule has 0 saturated heterocycles. The Balaban J connectivity index is 4.21. The summed E-state index contributed by atoms with van der Waals surface area (Å²) >= 11 is 0. The summed E-state index contributed by atoms with van der Waals surface area (Å²) in [4.78, 5) is 37.8. The van der Waals surface area contributed by atoms with Gasteiger partial charge in [0, 0.05) is 19.3 Å². The fourth-order valence-electron chi connectivity index (χ4n) is 7.50. The molecule has 0 aromatic rings. The van der Waals surface area contributed by atoms with E-state index in [0.717, 1.165) is 109 Å². The Morgan fingerprint density at radius 2 is 0.591 bits per heavy atom. The van der Waals surface area contributed by atoms with E-state index in [0.29, 0.717) is 19.3 Å². The van der Waals surface area contributed by atoms with Gasteiger partial charge in [0.2, 0.25) is 0 Å². The van der Waals surface area contributed by atoms with E-state index in [1.165, 1.54) is 109 Å². The molecule has 0 spiro atoms. The first kappa shape index (κ1) is 62.6. The molecule has 0 fully saturated rings. The van der Waals surface area contributed by atoms with Crippen LogP contribution in [0.5, 0.6) is 0 Å². The lowest BCUT2D eigenvalue weighted by Crippen LogP contribution is -2.30. The van der Waals surface area contributed by atoms with Gasteiger partial charge < -0.3 is 14.2 Å². The van der Waals surface area contributed by atoms with Crippen molar-refractivity contribution in [1.82, 2.24) is 0 Å². The number of hydrogen-bond donors (Lipinski definition) is 0. The molecule has 0 rings (SSSR count). The Morgan fingerprint density at radius 1 is 0.318 bits per heavy atom. The molecule has 1 atom stereocenters. The molecule has 0 aliphatic carbocycles. The highest BCUT2D eigenvalue weighted by atomic mass is 16.6. The molecule has 0 aliphatic heterocycles. The van der Waals surface area contributed by atoms with Crippen LogP contribution in [-0.2, 0) is 28.6 Å². The van der Waals surface area contributed by atoms with Crippen LogP contribution in [0.15, 0.2) is 85.1 Å². The van der Waals surface area contributed by atoms with Crippen molar-refractivity contribution in [2.24, 2.45) is 0 Å². The van der Waals surface area contributed by atoms with Crippen molar-refractivity contribution in [3.8, 4) is 0 Å². The fourth-order valence-corrected chi connectivity index (χ4v) is 7.50. The molecule has 0 N–H and O–H groups in total.